The van der Waals surface area contributed by atoms with E-state index in [0.29, 0.717) is 6.61 Å². The molecular formula is C10H19NO3. The summed E-state index contributed by atoms with van der Waals surface area (Å²) in [7, 11) is 3.37. The number of methoxy groups -OCH3 is 2. The normalized spacial score (nSPS) is 28.1. The van der Waals surface area contributed by atoms with E-state index < -0.39 is 0 Å². The molecule has 0 unspecified atom stereocenters. The summed E-state index contributed by atoms with van der Waals surface area (Å²) < 4.78 is 10.3. The minimum Gasteiger partial charge on any atom is -0.511 e. The van der Waals surface area contributed by atoms with Crippen molar-refractivity contribution in [3.8, 4) is 0 Å². The van der Waals surface area contributed by atoms with Gasteiger partial charge in [0.1, 0.15) is 5.76 Å². The van der Waals surface area contributed by atoms with E-state index in [-0.39, 0.29) is 17.9 Å². The third-order valence-electron chi connectivity index (χ3n) is 2.67. The molecule has 0 aromatic rings. The summed E-state index contributed by atoms with van der Waals surface area (Å²) in [4.78, 5) is 2.14. The van der Waals surface area contributed by atoms with Gasteiger partial charge in [0.05, 0.1) is 18.8 Å². The van der Waals surface area contributed by atoms with Gasteiger partial charge < -0.3 is 14.6 Å². The van der Waals surface area contributed by atoms with Gasteiger partial charge in [-0.3, -0.25) is 4.90 Å². The van der Waals surface area contributed by atoms with Crippen molar-refractivity contribution in [1.82, 2.24) is 4.90 Å². The van der Waals surface area contributed by atoms with E-state index in [1.54, 1.807) is 14.2 Å². The van der Waals surface area contributed by atoms with Crippen LogP contribution in [0.5, 0.6) is 0 Å². The molecule has 2 atom stereocenters. The Hall–Kier alpha value is -0.580. The largest absolute Gasteiger partial charge is 0.511 e. The molecule has 0 spiro atoms. The Kier molecular flexibility index (Phi) is 4.38. The molecule has 1 aliphatic heterocycles. The lowest BCUT2D eigenvalue weighted by atomic mass is 10.2. The molecule has 0 aromatic carbocycles. The van der Waals surface area contributed by atoms with Gasteiger partial charge in [-0.1, -0.05) is 6.58 Å². The molecule has 4 heteroatoms. The second-order valence-electron chi connectivity index (χ2n) is 3.59. The first-order valence-electron chi connectivity index (χ1n) is 4.82. The van der Waals surface area contributed by atoms with Crippen LogP contribution in [0.3, 0.4) is 0 Å². The fraction of sp³-hybridized carbons (Fsp3) is 0.800. The van der Waals surface area contributed by atoms with Crippen LogP contribution in [0, 0.1) is 0 Å². The summed E-state index contributed by atoms with van der Waals surface area (Å²) in [6.07, 6.45) is 1.01. The number of aliphatic hydroxyl groups excluding tert-OH is 1. The fourth-order valence-corrected chi connectivity index (χ4v) is 1.83. The molecule has 0 aliphatic carbocycles. The highest BCUT2D eigenvalue weighted by Crippen LogP contribution is 2.23. The van der Waals surface area contributed by atoms with E-state index in [0.717, 1.165) is 19.5 Å². The average Bonchev–Trinajstić information content (AvgIpc) is 2.58. The van der Waals surface area contributed by atoms with Gasteiger partial charge in [-0.05, 0) is 6.42 Å². The highest BCUT2D eigenvalue weighted by molar-refractivity contribution is 5.02. The summed E-state index contributed by atoms with van der Waals surface area (Å²) in [5.41, 5.74) is 0. The molecule has 1 saturated heterocycles. The van der Waals surface area contributed by atoms with Crippen LogP contribution in [0.4, 0.5) is 0 Å². The van der Waals surface area contributed by atoms with Crippen molar-refractivity contribution >= 4 is 0 Å². The van der Waals surface area contributed by atoms with Crippen LogP contribution >= 0.6 is 0 Å². The van der Waals surface area contributed by atoms with Crippen molar-refractivity contribution in [2.24, 2.45) is 0 Å². The maximum absolute atomic E-state index is 9.40. The molecule has 4 nitrogen and oxygen atoms in total. The quantitative estimate of drug-likeness (QED) is 0.668. The fourth-order valence-electron chi connectivity index (χ4n) is 1.83. The molecule has 0 aromatic heterocycles. The monoisotopic (exact) mass is 201 g/mol. The smallest absolute Gasteiger partial charge is 0.102 e. The zero-order valence-corrected chi connectivity index (χ0v) is 8.90. The van der Waals surface area contributed by atoms with E-state index in [1.807, 2.05) is 0 Å². The first-order chi connectivity index (χ1) is 6.69. The molecule has 1 heterocycles. The van der Waals surface area contributed by atoms with Crippen LogP contribution in [-0.2, 0) is 9.47 Å². The van der Waals surface area contributed by atoms with E-state index >= 15 is 0 Å². The van der Waals surface area contributed by atoms with Gasteiger partial charge in [0.15, 0.2) is 0 Å². The predicted molar refractivity (Wildman–Crippen MR) is 54.4 cm³/mol. The first-order valence-corrected chi connectivity index (χ1v) is 4.82. The van der Waals surface area contributed by atoms with Gasteiger partial charge in [-0.25, -0.2) is 0 Å². The standard InChI is InChI=1S/C10H19NO3/c1-8(12)10-6-9(14-3)7-11(10)4-5-13-2/h9-10,12H,1,4-7H2,2-3H3/t9-,10+/m1/s1. The van der Waals surface area contributed by atoms with Crippen LogP contribution < -0.4 is 0 Å². The number of likely N-dealkylation sites (tertiary alicyclic amines) is 1. The maximum atomic E-state index is 9.40. The Balaban J connectivity index is 2.48. The summed E-state index contributed by atoms with van der Waals surface area (Å²) in [5.74, 6) is 0.223. The lowest BCUT2D eigenvalue weighted by molar-refractivity contribution is 0.0992. The molecule has 1 N–H and O–H groups in total. The number of hydrogen-bond acceptors (Lipinski definition) is 4. The third-order valence-corrected chi connectivity index (χ3v) is 2.67. The van der Waals surface area contributed by atoms with Gasteiger partial charge >= 0.3 is 0 Å². The maximum Gasteiger partial charge on any atom is 0.102 e. The average molecular weight is 201 g/mol. The van der Waals surface area contributed by atoms with Crippen LogP contribution in [0.1, 0.15) is 6.42 Å². The lowest BCUT2D eigenvalue weighted by Gasteiger charge is -2.22. The summed E-state index contributed by atoms with van der Waals surface area (Å²) in [6, 6.07) is 0.0232. The summed E-state index contributed by atoms with van der Waals surface area (Å²) >= 11 is 0. The van der Waals surface area contributed by atoms with Crippen LogP contribution in [0.25, 0.3) is 0 Å². The highest BCUT2D eigenvalue weighted by Gasteiger charge is 2.33. The Morgan fingerprint density at radius 3 is 2.79 bits per heavy atom. The van der Waals surface area contributed by atoms with Crippen molar-refractivity contribution in [3.05, 3.63) is 12.3 Å². The van der Waals surface area contributed by atoms with Gasteiger partial charge in [-0.2, -0.15) is 0 Å². The van der Waals surface area contributed by atoms with Crippen molar-refractivity contribution in [2.75, 3.05) is 33.9 Å². The SMILES string of the molecule is C=C(O)[C@@H]1C[C@@H](OC)CN1CCOC. The van der Waals surface area contributed by atoms with Gasteiger partial charge in [0.2, 0.25) is 0 Å². The number of rotatable bonds is 5. The van der Waals surface area contributed by atoms with Gasteiger partial charge in [0, 0.05) is 27.3 Å². The van der Waals surface area contributed by atoms with Crippen molar-refractivity contribution in [3.63, 3.8) is 0 Å². The molecule has 1 rings (SSSR count). The van der Waals surface area contributed by atoms with Gasteiger partial charge in [0.25, 0.3) is 0 Å². The molecule has 1 fully saturated rings. The second kappa shape index (κ2) is 5.34. The minimum atomic E-state index is 0.0232. The molecule has 1 aliphatic rings. The highest BCUT2D eigenvalue weighted by atomic mass is 16.5. The Morgan fingerprint density at radius 1 is 1.57 bits per heavy atom. The molecule has 82 valence electrons. The van der Waals surface area contributed by atoms with Gasteiger partial charge in [-0.15, -0.1) is 0 Å². The molecule has 0 radical (unpaired) electrons. The summed E-state index contributed by atoms with van der Waals surface area (Å²) in [5, 5.41) is 9.40. The Morgan fingerprint density at radius 2 is 2.29 bits per heavy atom. The van der Waals surface area contributed by atoms with Crippen molar-refractivity contribution in [1.29, 1.82) is 0 Å². The molecule has 0 saturated carbocycles. The molecule has 14 heavy (non-hydrogen) atoms. The molecule has 0 bridgehead atoms. The van der Waals surface area contributed by atoms with E-state index in [1.165, 1.54) is 0 Å². The zero-order chi connectivity index (χ0) is 10.6. The first kappa shape index (κ1) is 11.5. The molecular weight excluding hydrogens is 182 g/mol. The zero-order valence-electron chi connectivity index (χ0n) is 8.90. The van der Waals surface area contributed by atoms with E-state index in [4.69, 9.17) is 9.47 Å². The number of ether oxygens (including phenoxy) is 2. The topological polar surface area (TPSA) is 41.9 Å². The Labute approximate surface area is 85.1 Å². The van der Waals surface area contributed by atoms with Crippen molar-refractivity contribution in [2.45, 2.75) is 18.6 Å². The Bertz CT molecular complexity index is 196. The number of nitrogens with zero attached hydrogens (tertiary/aromatic N) is 1. The number of hydrogen-bond donors (Lipinski definition) is 1. The summed E-state index contributed by atoms with van der Waals surface area (Å²) in [6.45, 7) is 5.89. The second-order valence-corrected chi connectivity index (χ2v) is 3.59. The van der Waals surface area contributed by atoms with Crippen LogP contribution in [0.2, 0.25) is 0 Å². The van der Waals surface area contributed by atoms with Crippen LogP contribution in [-0.4, -0.2) is 56.1 Å². The third kappa shape index (κ3) is 2.70. The van der Waals surface area contributed by atoms with E-state index in [2.05, 4.69) is 11.5 Å². The number of aliphatic hydroxyl groups is 1. The lowest BCUT2D eigenvalue weighted by Crippen LogP contribution is -2.33. The van der Waals surface area contributed by atoms with E-state index in [9.17, 15) is 5.11 Å². The van der Waals surface area contributed by atoms with Crippen LogP contribution in [0.15, 0.2) is 12.3 Å². The minimum absolute atomic E-state index is 0.0232. The van der Waals surface area contributed by atoms with Crippen molar-refractivity contribution < 1.29 is 14.6 Å². The predicted octanol–water partition coefficient (Wildman–Crippen LogP) is 0.794. The molecule has 0 amide bonds.